The molecule has 2 heterocycles. The molecular formula is C11H7N3O3. The Morgan fingerprint density at radius 2 is 2.24 bits per heavy atom. The smallest absolute Gasteiger partial charge is 0.344 e. The monoisotopic (exact) mass is 229 g/mol. The summed E-state index contributed by atoms with van der Waals surface area (Å²) in [5.41, 5.74) is 1.25. The molecule has 3 rings (SSSR count). The maximum absolute atomic E-state index is 10.8. The number of benzene rings is 1. The molecule has 0 atom stereocenters. The van der Waals surface area contributed by atoms with Crippen molar-refractivity contribution in [3.63, 3.8) is 0 Å². The Balaban J connectivity index is 2.17. The third kappa shape index (κ3) is 1.65. The van der Waals surface area contributed by atoms with Gasteiger partial charge >= 0.3 is 5.69 Å². The molecule has 0 amide bonds. The molecule has 0 bridgehead atoms. The summed E-state index contributed by atoms with van der Waals surface area (Å²) in [7, 11) is 0. The third-order valence-corrected chi connectivity index (χ3v) is 2.29. The summed E-state index contributed by atoms with van der Waals surface area (Å²) in [6, 6.07) is 4.64. The van der Waals surface area contributed by atoms with Crippen LogP contribution in [0.3, 0.4) is 0 Å². The number of nitrogens with one attached hydrogen (secondary N) is 1. The number of nitrogens with zero attached hydrogens (tertiary/aromatic N) is 2. The van der Waals surface area contributed by atoms with Gasteiger partial charge in [-0.2, -0.15) is 0 Å². The number of phenols is 1. The molecule has 0 aliphatic carbocycles. The summed E-state index contributed by atoms with van der Waals surface area (Å²) in [6.45, 7) is 0. The zero-order valence-corrected chi connectivity index (χ0v) is 8.54. The number of aromatic nitrogens is 3. The van der Waals surface area contributed by atoms with E-state index in [1.54, 1.807) is 6.07 Å². The number of aromatic hydroxyl groups is 1. The second kappa shape index (κ2) is 3.44. The highest BCUT2D eigenvalue weighted by atomic mass is 16.3. The molecule has 0 spiro atoms. The van der Waals surface area contributed by atoms with E-state index in [0.29, 0.717) is 22.6 Å². The van der Waals surface area contributed by atoms with Gasteiger partial charge in [0.25, 0.3) is 0 Å². The van der Waals surface area contributed by atoms with E-state index in [-0.39, 0.29) is 5.75 Å². The molecule has 17 heavy (non-hydrogen) atoms. The van der Waals surface area contributed by atoms with Crippen molar-refractivity contribution in [2.45, 2.75) is 0 Å². The van der Waals surface area contributed by atoms with Gasteiger partial charge in [-0.25, -0.2) is 14.8 Å². The van der Waals surface area contributed by atoms with E-state index in [1.807, 2.05) is 0 Å². The lowest BCUT2D eigenvalue weighted by molar-refractivity contribution is 0.476. The van der Waals surface area contributed by atoms with Crippen molar-refractivity contribution in [2.75, 3.05) is 0 Å². The van der Waals surface area contributed by atoms with Gasteiger partial charge in [-0.1, -0.05) is 0 Å². The highest BCUT2D eigenvalue weighted by Crippen LogP contribution is 2.25. The number of H-pyrrole nitrogens is 1. The van der Waals surface area contributed by atoms with Gasteiger partial charge in [0.2, 0.25) is 5.89 Å². The molecule has 0 radical (unpaired) electrons. The fourth-order valence-electron chi connectivity index (χ4n) is 1.50. The predicted molar refractivity (Wildman–Crippen MR) is 59.5 cm³/mol. The second-order valence-electron chi connectivity index (χ2n) is 3.48. The van der Waals surface area contributed by atoms with Gasteiger partial charge in [-0.3, -0.25) is 0 Å². The molecule has 0 saturated carbocycles. The average molecular weight is 229 g/mol. The molecule has 2 N–H and O–H groups in total. The zero-order valence-electron chi connectivity index (χ0n) is 8.54. The second-order valence-corrected chi connectivity index (χ2v) is 3.48. The summed E-state index contributed by atoms with van der Waals surface area (Å²) in [4.78, 5) is 21.0. The van der Waals surface area contributed by atoms with Crippen LogP contribution in [0.25, 0.3) is 22.6 Å². The van der Waals surface area contributed by atoms with Crippen molar-refractivity contribution >= 4 is 11.1 Å². The largest absolute Gasteiger partial charge is 0.508 e. The summed E-state index contributed by atoms with van der Waals surface area (Å²) in [5.74, 6) is 0.464. The lowest BCUT2D eigenvalue weighted by Crippen LogP contribution is -2.07. The normalized spacial score (nSPS) is 10.8. The number of phenolic OH excluding ortho intramolecular Hbond substituents is 1. The summed E-state index contributed by atoms with van der Waals surface area (Å²) in [6.07, 6.45) is 2.85. The van der Waals surface area contributed by atoms with Crippen LogP contribution in [0.2, 0.25) is 0 Å². The number of hydrogen-bond donors (Lipinski definition) is 2. The Kier molecular flexibility index (Phi) is 1.94. The molecule has 0 saturated heterocycles. The van der Waals surface area contributed by atoms with Gasteiger partial charge in [0.15, 0.2) is 5.58 Å². The van der Waals surface area contributed by atoms with Gasteiger partial charge < -0.3 is 14.5 Å². The van der Waals surface area contributed by atoms with Crippen LogP contribution >= 0.6 is 0 Å². The number of fused-ring (bicyclic) bond motifs is 1. The zero-order chi connectivity index (χ0) is 11.8. The van der Waals surface area contributed by atoms with Crippen LogP contribution in [0, 0.1) is 0 Å². The van der Waals surface area contributed by atoms with Gasteiger partial charge in [-0.05, 0) is 12.1 Å². The van der Waals surface area contributed by atoms with E-state index in [0.717, 1.165) is 0 Å². The van der Waals surface area contributed by atoms with Crippen LogP contribution in [0.15, 0.2) is 39.8 Å². The highest BCUT2D eigenvalue weighted by Gasteiger charge is 2.08. The van der Waals surface area contributed by atoms with Crippen LogP contribution in [0.1, 0.15) is 0 Å². The molecule has 0 unspecified atom stereocenters. The van der Waals surface area contributed by atoms with Gasteiger partial charge in [0.1, 0.15) is 11.3 Å². The number of hydrogen-bond acceptors (Lipinski definition) is 5. The maximum atomic E-state index is 10.8. The van der Waals surface area contributed by atoms with E-state index in [9.17, 15) is 9.90 Å². The Hall–Kier alpha value is -2.63. The van der Waals surface area contributed by atoms with E-state index < -0.39 is 5.69 Å². The molecule has 0 aliphatic heterocycles. The predicted octanol–water partition coefficient (Wildman–Crippen LogP) is 1.28. The Morgan fingerprint density at radius 3 is 3.00 bits per heavy atom. The first-order valence-corrected chi connectivity index (χ1v) is 4.87. The molecular weight excluding hydrogens is 222 g/mol. The SMILES string of the molecule is O=c1ncc(-c2nc3cc(O)ccc3o2)c[nH]1. The van der Waals surface area contributed by atoms with Crippen molar-refractivity contribution < 1.29 is 9.52 Å². The molecule has 0 aliphatic rings. The van der Waals surface area contributed by atoms with E-state index >= 15 is 0 Å². The highest BCUT2D eigenvalue weighted by molar-refractivity contribution is 5.77. The first-order valence-electron chi connectivity index (χ1n) is 4.87. The molecule has 84 valence electrons. The summed E-state index contributed by atoms with van der Waals surface area (Å²) >= 11 is 0. The maximum Gasteiger partial charge on any atom is 0.344 e. The quantitative estimate of drug-likeness (QED) is 0.655. The number of rotatable bonds is 1. The van der Waals surface area contributed by atoms with Crippen molar-refractivity contribution in [2.24, 2.45) is 0 Å². The van der Waals surface area contributed by atoms with Gasteiger partial charge in [-0.15, -0.1) is 0 Å². The molecule has 6 heteroatoms. The van der Waals surface area contributed by atoms with Crippen LogP contribution in [-0.2, 0) is 0 Å². The molecule has 0 fully saturated rings. The standard InChI is InChI=1S/C11H7N3O3/c15-7-1-2-9-8(3-7)14-10(17-9)6-4-12-11(16)13-5-6/h1-5,15H,(H,12,13,16). The van der Waals surface area contributed by atoms with Crippen LogP contribution < -0.4 is 5.69 Å². The average Bonchev–Trinajstić information content (AvgIpc) is 2.72. The minimum absolute atomic E-state index is 0.122. The first-order chi connectivity index (χ1) is 8.22. The number of oxazole rings is 1. The molecule has 2 aromatic heterocycles. The topological polar surface area (TPSA) is 92.0 Å². The van der Waals surface area contributed by atoms with E-state index in [1.165, 1.54) is 24.5 Å². The van der Waals surface area contributed by atoms with Crippen LogP contribution in [-0.4, -0.2) is 20.1 Å². The Bertz CT molecular complexity index is 725. The van der Waals surface area contributed by atoms with E-state index in [4.69, 9.17) is 4.42 Å². The van der Waals surface area contributed by atoms with E-state index in [2.05, 4.69) is 15.0 Å². The van der Waals surface area contributed by atoms with Crippen molar-refractivity contribution in [3.05, 3.63) is 41.1 Å². The molecule has 3 aromatic rings. The van der Waals surface area contributed by atoms with Crippen LogP contribution in [0.4, 0.5) is 0 Å². The Labute approximate surface area is 94.6 Å². The van der Waals surface area contributed by atoms with Crippen molar-refractivity contribution in [3.8, 4) is 17.2 Å². The summed E-state index contributed by atoms with van der Waals surface area (Å²) in [5, 5.41) is 9.30. The van der Waals surface area contributed by atoms with Gasteiger partial charge in [0.05, 0.1) is 5.56 Å². The fraction of sp³-hybridized carbons (Fsp3) is 0. The Morgan fingerprint density at radius 1 is 1.35 bits per heavy atom. The van der Waals surface area contributed by atoms with Gasteiger partial charge in [0, 0.05) is 18.5 Å². The van der Waals surface area contributed by atoms with Crippen LogP contribution in [0.5, 0.6) is 5.75 Å². The third-order valence-electron chi connectivity index (χ3n) is 2.29. The lowest BCUT2D eigenvalue weighted by atomic mass is 10.3. The minimum atomic E-state index is -0.428. The summed E-state index contributed by atoms with van der Waals surface area (Å²) < 4.78 is 5.46. The number of aromatic amines is 1. The van der Waals surface area contributed by atoms with Crippen molar-refractivity contribution in [1.29, 1.82) is 0 Å². The molecule has 1 aromatic carbocycles. The first kappa shape index (κ1) is 9.59. The lowest BCUT2D eigenvalue weighted by Gasteiger charge is -1.90. The minimum Gasteiger partial charge on any atom is -0.508 e. The fourth-order valence-corrected chi connectivity index (χ4v) is 1.50. The molecule has 6 nitrogen and oxygen atoms in total. The van der Waals surface area contributed by atoms with Crippen molar-refractivity contribution in [1.82, 2.24) is 15.0 Å².